The summed E-state index contributed by atoms with van der Waals surface area (Å²) in [6, 6.07) is 15.9. The first-order valence-corrected chi connectivity index (χ1v) is 8.99. The van der Waals surface area contributed by atoms with Crippen LogP contribution in [0.3, 0.4) is 0 Å². The predicted octanol–water partition coefficient (Wildman–Crippen LogP) is 4.26. The Hall–Kier alpha value is -3.88. The summed E-state index contributed by atoms with van der Waals surface area (Å²) in [5, 5.41) is 5.00. The van der Waals surface area contributed by atoms with Gasteiger partial charge in [-0.05, 0) is 29.8 Å². The standard InChI is InChI=1S/C21H16F3N5O/c22-21(23,24)17-7-4-8-18(10-17)27-28-20(30)16-9-15-12-26-29(19(15)25-11-16)13-14-5-2-1-3-6-14/h1-12,27H,13H2,(H,28,30). The van der Waals surface area contributed by atoms with Gasteiger partial charge in [0.05, 0.1) is 29.6 Å². The number of pyridine rings is 1. The summed E-state index contributed by atoms with van der Waals surface area (Å²) in [6.45, 7) is 0.542. The van der Waals surface area contributed by atoms with Crippen LogP contribution in [0.4, 0.5) is 18.9 Å². The van der Waals surface area contributed by atoms with Gasteiger partial charge in [-0.1, -0.05) is 36.4 Å². The number of anilines is 1. The van der Waals surface area contributed by atoms with Crippen molar-refractivity contribution in [2.24, 2.45) is 0 Å². The van der Waals surface area contributed by atoms with E-state index in [0.717, 1.165) is 17.7 Å². The number of nitrogens with one attached hydrogen (secondary N) is 2. The average Bonchev–Trinajstić information content (AvgIpc) is 3.14. The van der Waals surface area contributed by atoms with Crippen molar-refractivity contribution in [1.29, 1.82) is 0 Å². The number of halogens is 3. The second-order valence-corrected chi connectivity index (χ2v) is 6.58. The molecular formula is C21H16F3N5O. The molecule has 9 heteroatoms. The van der Waals surface area contributed by atoms with E-state index in [0.29, 0.717) is 17.6 Å². The zero-order valence-corrected chi connectivity index (χ0v) is 15.5. The molecule has 2 aromatic carbocycles. The van der Waals surface area contributed by atoms with Crippen molar-refractivity contribution in [1.82, 2.24) is 20.2 Å². The van der Waals surface area contributed by atoms with Crippen molar-refractivity contribution in [3.05, 3.63) is 89.7 Å². The Balaban J connectivity index is 1.46. The lowest BCUT2D eigenvalue weighted by atomic mass is 10.2. The van der Waals surface area contributed by atoms with Gasteiger partial charge in [0.25, 0.3) is 5.91 Å². The van der Waals surface area contributed by atoms with Gasteiger partial charge in [0.15, 0.2) is 5.65 Å². The van der Waals surface area contributed by atoms with Gasteiger partial charge in [0.1, 0.15) is 0 Å². The first kappa shape index (κ1) is 19.4. The Labute approximate surface area is 169 Å². The molecule has 2 aromatic heterocycles. The maximum absolute atomic E-state index is 12.8. The highest BCUT2D eigenvalue weighted by Gasteiger charge is 2.30. The highest BCUT2D eigenvalue weighted by atomic mass is 19.4. The van der Waals surface area contributed by atoms with Gasteiger partial charge in [-0.25, -0.2) is 9.67 Å². The number of nitrogens with zero attached hydrogens (tertiary/aromatic N) is 3. The van der Waals surface area contributed by atoms with Crippen LogP contribution in [0.25, 0.3) is 11.0 Å². The lowest BCUT2D eigenvalue weighted by Crippen LogP contribution is -2.29. The third kappa shape index (κ3) is 4.24. The quantitative estimate of drug-likeness (QED) is 0.482. The lowest BCUT2D eigenvalue weighted by Gasteiger charge is -2.11. The van der Waals surface area contributed by atoms with Crippen LogP contribution >= 0.6 is 0 Å². The van der Waals surface area contributed by atoms with E-state index in [4.69, 9.17) is 0 Å². The zero-order valence-electron chi connectivity index (χ0n) is 15.5. The molecule has 4 aromatic rings. The van der Waals surface area contributed by atoms with Gasteiger partial charge in [-0.3, -0.25) is 15.6 Å². The van der Waals surface area contributed by atoms with E-state index in [9.17, 15) is 18.0 Å². The minimum Gasteiger partial charge on any atom is -0.298 e. The number of hydrazine groups is 1. The Bertz CT molecular complexity index is 1190. The van der Waals surface area contributed by atoms with Gasteiger partial charge in [0.2, 0.25) is 0 Å². The molecule has 0 spiro atoms. The average molecular weight is 411 g/mol. The van der Waals surface area contributed by atoms with Crippen LogP contribution in [-0.2, 0) is 12.7 Å². The van der Waals surface area contributed by atoms with E-state index in [1.165, 1.54) is 18.3 Å². The number of rotatable bonds is 5. The first-order valence-electron chi connectivity index (χ1n) is 8.99. The van der Waals surface area contributed by atoms with Gasteiger partial charge >= 0.3 is 6.18 Å². The molecule has 0 radical (unpaired) electrons. The summed E-state index contributed by atoms with van der Waals surface area (Å²) in [7, 11) is 0. The number of amides is 1. The fourth-order valence-corrected chi connectivity index (χ4v) is 2.94. The summed E-state index contributed by atoms with van der Waals surface area (Å²) in [6.07, 6.45) is -1.45. The van der Waals surface area contributed by atoms with Crippen LogP contribution in [0.15, 0.2) is 73.1 Å². The van der Waals surface area contributed by atoms with Crippen LogP contribution in [-0.4, -0.2) is 20.7 Å². The highest BCUT2D eigenvalue weighted by molar-refractivity contribution is 5.97. The third-order valence-corrected chi connectivity index (χ3v) is 4.42. The van der Waals surface area contributed by atoms with Crippen LogP contribution < -0.4 is 10.9 Å². The summed E-state index contributed by atoms with van der Waals surface area (Å²) in [5.74, 6) is -0.530. The zero-order chi connectivity index (χ0) is 21.1. The summed E-state index contributed by atoms with van der Waals surface area (Å²) in [4.78, 5) is 16.7. The topological polar surface area (TPSA) is 71.8 Å². The molecule has 6 nitrogen and oxygen atoms in total. The third-order valence-electron chi connectivity index (χ3n) is 4.42. The molecule has 2 N–H and O–H groups in total. The second kappa shape index (κ2) is 7.86. The number of benzene rings is 2. The monoisotopic (exact) mass is 411 g/mol. The Morgan fingerprint density at radius 1 is 1.00 bits per heavy atom. The normalized spacial score (nSPS) is 11.4. The number of hydrogen-bond acceptors (Lipinski definition) is 4. The van der Waals surface area contributed by atoms with Gasteiger partial charge < -0.3 is 0 Å². The van der Waals surface area contributed by atoms with Crippen LogP contribution in [0, 0.1) is 0 Å². The molecule has 0 fully saturated rings. The van der Waals surface area contributed by atoms with E-state index >= 15 is 0 Å². The molecule has 0 aliphatic rings. The molecule has 0 saturated heterocycles. The Morgan fingerprint density at radius 3 is 2.57 bits per heavy atom. The first-order chi connectivity index (χ1) is 14.4. The fraction of sp³-hybridized carbons (Fsp3) is 0.0952. The van der Waals surface area contributed by atoms with Crippen LogP contribution in [0.2, 0.25) is 0 Å². The molecule has 0 aliphatic carbocycles. The number of alkyl halides is 3. The Kier molecular flexibility index (Phi) is 5.09. The maximum Gasteiger partial charge on any atom is 0.416 e. The fourth-order valence-electron chi connectivity index (χ4n) is 2.94. The molecule has 4 rings (SSSR count). The van der Waals surface area contributed by atoms with E-state index in [1.807, 2.05) is 30.3 Å². The number of carbonyl (C=O) groups excluding carboxylic acids is 1. The highest BCUT2D eigenvalue weighted by Crippen LogP contribution is 2.30. The molecule has 0 saturated carbocycles. The van der Waals surface area contributed by atoms with E-state index < -0.39 is 17.6 Å². The maximum atomic E-state index is 12.8. The molecule has 0 unspecified atom stereocenters. The largest absolute Gasteiger partial charge is 0.416 e. The predicted molar refractivity (Wildman–Crippen MR) is 106 cm³/mol. The van der Waals surface area contributed by atoms with Crippen molar-refractivity contribution in [3.63, 3.8) is 0 Å². The smallest absolute Gasteiger partial charge is 0.298 e. The van der Waals surface area contributed by atoms with Crippen molar-refractivity contribution < 1.29 is 18.0 Å². The number of fused-ring (bicyclic) bond motifs is 1. The SMILES string of the molecule is O=C(NNc1cccc(C(F)(F)F)c1)c1cnc2c(cnn2Cc2ccccc2)c1. The van der Waals surface area contributed by atoms with Crippen molar-refractivity contribution in [2.75, 3.05) is 5.43 Å². The molecule has 152 valence electrons. The van der Waals surface area contributed by atoms with Gasteiger partial charge in [0, 0.05) is 11.6 Å². The molecule has 0 atom stereocenters. The van der Waals surface area contributed by atoms with E-state index in [2.05, 4.69) is 20.9 Å². The minimum absolute atomic E-state index is 0.114. The molecule has 30 heavy (non-hydrogen) atoms. The number of aromatic nitrogens is 3. The Morgan fingerprint density at radius 2 is 1.80 bits per heavy atom. The lowest BCUT2D eigenvalue weighted by molar-refractivity contribution is -0.137. The molecular weight excluding hydrogens is 395 g/mol. The number of carbonyl (C=O) groups is 1. The van der Waals surface area contributed by atoms with Crippen molar-refractivity contribution in [2.45, 2.75) is 12.7 Å². The van der Waals surface area contributed by atoms with Crippen LogP contribution in [0.1, 0.15) is 21.5 Å². The molecule has 1 amide bonds. The number of hydrogen-bond donors (Lipinski definition) is 2. The molecule has 0 aliphatic heterocycles. The van der Waals surface area contributed by atoms with Crippen LogP contribution in [0.5, 0.6) is 0 Å². The second-order valence-electron chi connectivity index (χ2n) is 6.58. The molecule has 2 heterocycles. The summed E-state index contributed by atoms with van der Waals surface area (Å²) < 4.78 is 40.1. The van der Waals surface area contributed by atoms with Gasteiger partial charge in [-0.2, -0.15) is 18.3 Å². The van der Waals surface area contributed by atoms with E-state index in [1.54, 1.807) is 16.9 Å². The van der Waals surface area contributed by atoms with Gasteiger partial charge in [-0.15, -0.1) is 0 Å². The molecule has 0 bridgehead atoms. The van der Waals surface area contributed by atoms with E-state index in [-0.39, 0.29) is 11.3 Å². The van der Waals surface area contributed by atoms with Crippen molar-refractivity contribution in [3.8, 4) is 0 Å². The van der Waals surface area contributed by atoms with Crippen molar-refractivity contribution >= 4 is 22.6 Å². The summed E-state index contributed by atoms with van der Waals surface area (Å²) in [5.41, 5.74) is 6.12. The summed E-state index contributed by atoms with van der Waals surface area (Å²) >= 11 is 0. The minimum atomic E-state index is -4.46.